The Labute approximate surface area is 108 Å². The van der Waals surface area contributed by atoms with E-state index in [0.717, 1.165) is 22.5 Å². The summed E-state index contributed by atoms with van der Waals surface area (Å²) in [5.41, 5.74) is 3.44. The van der Waals surface area contributed by atoms with Crippen molar-refractivity contribution in [2.75, 3.05) is 0 Å². The van der Waals surface area contributed by atoms with Gasteiger partial charge in [-0.2, -0.15) is 11.3 Å². The predicted molar refractivity (Wildman–Crippen MR) is 73.2 cm³/mol. The average molecular weight is 259 g/mol. The van der Waals surface area contributed by atoms with Gasteiger partial charge in [0.25, 0.3) is 5.56 Å². The summed E-state index contributed by atoms with van der Waals surface area (Å²) in [4.78, 5) is 16.6. The quantitative estimate of drug-likeness (QED) is 0.769. The highest BCUT2D eigenvalue weighted by atomic mass is 32.1. The summed E-state index contributed by atoms with van der Waals surface area (Å²) in [5, 5.41) is 6.94. The maximum Gasteiger partial charge on any atom is 0.273 e. The normalized spacial score (nSPS) is 11.5. The molecule has 0 radical (unpaired) electrons. The van der Waals surface area contributed by atoms with Gasteiger partial charge in [-0.1, -0.05) is 13.8 Å². The Morgan fingerprint density at radius 3 is 2.94 bits per heavy atom. The van der Waals surface area contributed by atoms with E-state index in [1.165, 1.54) is 4.52 Å². The number of aromatic nitrogens is 3. The van der Waals surface area contributed by atoms with Gasteiger partial charge in [-0.3, -0.25) is 9.89 Å². The topological polar surface area (TPSA) is 50.2 Å². The highest BCUT2D eigenvalue weighted by Crippen LogP contribution is 2.22. The molecule has 0 unspecified atom stereocenters. The molecule has 18 heavy (non-hydrogen) atoms. The van der Waals surface area contributed by atoms with E-state index in [0.29, 0.717) is 5.92 Å². The van der Waals surface area contributed by atoms with Crippen LogP contribution in [0.5, 0.6) is 0 Å². The molecule has 0 saturated carbocycles. The molecule has 3 heterocycles. The summed E-state index contributed by atoms with van der Waals surface area (Å²) < 4.78 is 1.49. The van der Waals surface area contributed by atoms with Crippen molar-refractivity contribution in [3.8, 4) is 11.3 Å². The van der Waals surface area contributed by atoms with Gasteiger partial charge in [0.05, 0.1) is 5.69 Å². The first-order valence-electron chi connectivity index (χ1n) is 5.80. The SMILES string of the molecule is CC(C)c1c[nH]n2c(=O)cc(-c3ccsc3)nc12. The molecular weight excluding hydrogens is 246 g/mol. The summed E-state index contributed by atoms with van der Waals surface area (Å²) in [6, 6.07) is 3.54. The van der Waals surface area contributed by atoms with Gasteiger partial charge in [-0.15, -0.1) is 0 Å². The van der Waals surface area contributed by atoms with E-state index >= 15 is 0 Å². The summed E-state index contributed by atoms with van der Waals surface area (Å²) in [5.74, 6) is 0.330. The van der Waals surface area contributed by atoms with E-state index in [-0.39, 0.29) is 5.56 Å². The van der Waals surface area contributed by atoms with Crippen molar-refractivity contribution < 1.29 is 0 Å². The maximum absolute atomic E-state index is 12.0. The Balaban J connectivity index is 2.31. The number of rotatable bonds is 2. The number of hydrogen-bond acceptors (Lipinski definition) is 3. The highest BCUT2D eigenvalue weighted by molar-refractivity contribution is 7.08. The summed E-state index contributed by atoms with van der Waals surface area (Å²) in [7, 11) is 0. The van der Waals surface area contributed by atoms with Crippen molar-refractivity contribution >= 4 is 17.0 Å². The van der Waals surface area contributed by atoms with Crippen LogP contribution in [0.25, 0.3) is 16.9 Å². The summed E-state index contributed by atoms with van der Waals surface area (Å²) >= 11 is 1.60. The van der Waals surface area contributed by atoms with E-state index < -0.39 is 0 Å². The number of fused-ring (bicyclic) bond motifs is 1. The van der Waals surface area contributed by atoms with Crippen LogP contribution in [0, 0.1) is 0 Å². The van der Waals surface area contributed by atoms with Gasteiger partial charge in [-0.25, -0.2) is 9.50 Å². The molecule has 0 saturated heterocycles. The summed E-state index contributed by atoms with van der Waals surface area (Å²) in [6.07, 6.45) is 1.85. The van der Waals surface area contributed by atoms with E-state index in [1.807, 2.05) is 23.0 Å². The van der Waals surface area contributed by atoms with Crippen molar-refractivity contribution in [2.24, 2.45) is 0 Å². The van der Waals surface area contributed by atoms with E-state index in [1.54, 1.807) is 17.4 Å². The second-order valence-electron chi connectivity index (χ2n) is 4.53. The first-order chi connectivity index (χ1) is 8.66. The van der Waals surface area contributed by atoms with Gasteiger partial charge in [-0.05, 0) is 17.4 Å². The molecule has 1 N–H and O–H groups in total. The standard InChI is InChI=1S/C13H13N3OS/c1-8(2)10-6-14-16-12(17)5-11(15-13(10)16)9-3-4-18-7-9/h3-8,14H,1-2H3. The largest absolute Gasteiger partial charge is 0.297 e. The minimum Gasteiger partial charge on any atom is -0.297 e. The molecule has 3 aromatic rings. The third kappa shape index (κ3) is 1.67. The van der Waals surface area contributed by atoms with Crippen molar-refractivity contribution in [1.29, 1.82) is 0 Å². The number of H-pyrrole nitrogens is 1. The van der Waals surface area contributed by atoms with Gasteiger partial charge < -0.3 is 0 Å². The molecule has 0 aliphatic rings. The predicted octanol–water partition coefficient (Wildman–Crippen LogP) is 2.87. The second-order valence-corrected chi connectivity index (χ2v) is 5.31. The van der Waals surface area contributed by atoms with Crippen LogP contribution in [-0.4, -0.2) is 14.6 Å². The van der Waals surface area contributed by atoms with Crippen LogP contribution in [0.4, 0.5) is 0 Å². The van der Waals surface area contributed by atoms with Crippen LogP contribution in [0.15, 0.2) is 33.9 Å². The molecule has 0 aliphatic heterocycles. The van der Waals surface area contributed by atoms with Crippen LogP contribution in [0.3, 0.4) is 0 Å². The smallest absolute Gasteiger partial charge is 0.273 e. The molecule has 0 spiro atoms. The van der Waals surface area contributed by atoms with Crippen LogP contribution in [0.1, 0.15) is 25.3 Å². The van der Waals surface area contributed by atoms with Gasteiger partial charge in [0.15, 0.2) is 5.65 Å². The molecule has 3 aromatic heterocycles. The molecular formula is C13H13N3OS. The molecule has 0 aliphatic carbocycles. The molecule has 0 amide bonds. The fourth-order valence-corrected chi connectivity index (χ4v) is 2.63. The van der Waals surface area contributed by atoms with E-state index in [2.05, 4.69) is 23.9 Å². The minimum absolute atomic E-state index is 0.0758. The Morgan fingerprint density at radius 1 is 1.44 bits per heavy atom. The van der Waals surface area contributed by atoms with Crippen LogP contribution < -0.4 is 5.56 Å². The highest BCUT2D eigenvalue weighted by Gasteiger charge is 2.12. The molecule has 0 atom stereocenters. The van der Waals surface area contributed by atoms with Gasteiger partial charge >= 0.3 is 0 Å². The van der Waals surface area contributed by atoms with Crippen molar-refractivity contribution in [1.82, 2.24) is 14.6 Å². The van der Waals surface area contributed by atoms with Crippen LogP contribution in [0.2, 0.25) is 0 Å². The van der Waals surface area contributed by atoms with Gasteiger partial charge in [0.1, 0.15) is 0 Å². The number of hydrogen-bond donors (Lipinski definition) is 1. The molecule has 0 fully saturated rings. The molecule has 0 bridgehead atoms. The first-order valence-corrected chi connectivity index (χ1v) is 6.75. The lowest BCUT2D eigenvalue weighted by Gasteiger charge is -2.03. The molecule has 3 rings (SSSR count). The Hall–Kier alpha value is -1.88. The molecule has 92 valence electrons. The maximum atomic E-state index is 12.0. The lowest BCUT2D eigenvalue weighted by Crippen LogP contribution is -2.14. The lowest BCUT2D eigenvalue weighted by atomic mass is 10.1. The van der Waals surface area contributed by atoms with Crippen LogP contribution in [-0.2, 0) is 0 Å². The third-order valence-electron chi connectivity index (χ3n) is 2.97. The third-order valence-corrected chi connectivity index (χ3v) is 3.65. The Morgan fingerprint density at radius 2 is 2.28 bits per heavy atom. The molecule has 4 nitrogen and oxygen atoms in total. The number of aromatic amines is 1. The molecule has 5 heteroatoms. The number of thiophene rings is 1. The van der Waals surface area contributed by atoms with Crippen molar-refractivity contribution in [3.05, 3.63) is 45.0 Å². The Bertz CT molecular complexity index is 737. The number of nitrogens with zero attached hydrogens (tertiary/aromatic N) is 2. The monoisotopic (exact) mass is 259 g/mol. The zero-order valence-corrected chi connectivity index (χ0v) is 11.0. The van der Waals surface area contributed by atoms with Crippen LogP contribution >= 0.6 is 11.3 Å². The van der Waals surface area contributed by atoms with E-state index in [4.69, 9.17) is 0 Å². The van der Waals surface area contributed by atoms with Crippen molar-refractivity contribution in [2.45, 2.75) is 19.8 Å². The fraction of sp³-hybridized carbons (Fsp3) is 0.231. The zero-order chi connectivity index (χ0) is 12.7. The molecule has 0 aromatic carbocycles. The lowest BCUT2D eigenvalue weighted by molar-refractivity contribution is 0.870. The van der Waals surface area contributed by atoms with Gasteiger partial charge in [0, 0.05) is 28.8 Å². The van der Waals surface area contributed by atoms with Crippen molar-refractivity contribution in [3.63, 3.8) is 0 Å². The first kappa shape index (κ1) is 11.2. The number of nitrogens with one attached hydrogen (secondary N) is 1. The summed E-state index contributed by atoms with van der Waals surface area (Å²) in [6.45, 7) is 4.18. The minimum atomic E-state index is -0.0758. The second kappa shape index (κ2) is 4.10. The van der Waals surface area contributed by atoms with E-state index in [9.17, 15) is 4.79 Å². The Kier molecular flexibility index (Phi) is 2.56. The zero-order valence-electron chi connectivity index (χ0n) is 10.2. The fourth-order valence-electron chi connectivity index (χ4n) is 1.98. The average Bonchev–Trinajstić information content (AvgIpc) is 2.97. The van der Waals surface area contributed by atoms with Gasteiger partial charge in [0.2, 0.25) is 0 Å².